The molecule has 0 aromatic carbocycles. The highest BCUT2D eigenvalue weighted by Crippen LogP contribution is 2.06. The Balaban J connectivity index is 0.00000121. The Labute approximate surface area is 101 Å². The molecule has 0 saturated heterocycles. The van der Waals surface area contributed by atoms with E-state index < -0.39 is 11.9 Å². The van der Waals surface area contributed by atoms with Gasteiger partial charge in [-0.3, -0.25) is 14.6 Å². The van der Waals surface area contributed by atoms with Crippen molar-refractivity contribution in [2.24, 2.45) is 5.92 Å². The lowest BCUT2D eigenvalue weighted by Crippen LogP contribution is -2.24. The van der Waals surface area contributed by atoms with Gasteiger partial charge in [0.15, 0.2) is 5.78 Å². The van der Waals surface area contributed by atoms with Crippen LogP contribution in [0, 0.1) is 5.92 Å². The maximum absolute atomic E-state index is 11.7. The van der Waals surface area contributed by atoms with Crippen molar-refractivity contribution in [2.45, 2.75) is 27.7 Å². The molecule has 0 aliphatic heterocycles. The van der Waals surface area contributed by atoms with E-state index in [9.17, 15) is 9.59 Å². The van der Waals surface area contributed by atoms with Gasteiger partial charge >= 0.3 is 5.97 Å². The van der Waals surface area contributed by atoms with Gasteiger partial charge in [-0.15, -0.1) is 0 Å². The van der Waals surface area contributed by atoms with E-state index in [1.54, 1.807) is 6.92 Å². The van der Waals surface area contributed by atoms with Crippen LogP contribution < -0.4 is 0 Å². The Hall–Kier alpha value is -1.78. The Morgan fingerprint density at radius 3 is 2.47 bits per heavy atom. The molecule has 1 unspecified atom stereocenters. The van der Waals surface area contributed by atoms with Gasteiger partial charge in [0.2, 0.25) is 0 Å². The third-order valence-electron chi connectivity index (χ3n) is 1.85. The Morgan fingerprint density at radius 1 is 1.35 bits per heavy atom. The van der Waals surface area contributed by atoms with Crippen molar-refractivity contribution in [2.75, 3.05) is 6.61 Å². The summed E-state index contributed by atoms with van der Waals surface area (Å²) in [5.74, 6) is -1.74. The molecule has 0 spiro atoms. The van der Waals surface area contributed by atoms with Crippen molar-refractivity contribution in [3.8, 4) is 0 Å². The summed E-state index contributed by atoms with van der Waals surface area (Å²) in [7, 11) is 0. The second-order valence-corrected chi connectivity index (χ2v) is 2.93. The number of nitrogens with zero attached hydrogens (tertiary/aromatic N) is 2. The summed E-state index contributed by atoms with van der Waals surface area (Å²) in [6.45, 7) is 7.45. The number of ether oxygens (including phenoxy) is 1. The van der Waals surface area contributed by atoms with Gasteiger partial charge in [-0.1, -0.05) is 13.8 Å². The van der Waals surface area contributed by atoms with Gasteiger partial charge < -0.3 is 4.74 Å². The van der Waals surface area contributed by atoms with E-state index in [1.165, 1.54) is 25.5 Å². The zero-order chi connectivity index (χ0) is 13.3. The molecule has 0 saturated carbocycles. The predicted octanol–water partition coefficient (Wildman–Crippen LogP) is 1.88. The molecule has 0 aliphatic rings. The molecule has 1 aromatic heterocycles. The van der Waals surface area contributed by atoms with Crippen LogP contribution in [-0.2, 0) is 9.53 Å². The lowest BCUT2D eigenvalue weighted by Gasteiger charge is -2.08. The minimum absolute atomic E-state index is 0.179. The van der Waals surface area contributed by atoms with Gasteiger partial charge in [0.25, 0.3) is 0 Å². The number of esters is 1. The van der Waals surface area contributed by atoms with E-state index in [1.807, 2.05) is 13.8 Å². The molecule has 5 heteroatoms. The molecular weight excluding hydrogens is 220 g/mol. The highest BCUT2D eigenvalue weighted by molar-refractivity contribution is 6.07. The van der Waals surface area contributed by atoms with Crippen molar-refractivity contribution in [3.63, 3.8) is 0 Å². The van der Waals surface area contributed by atoms with Crippen molar-refractivity contribution < 1.29 is 14.3 Å². The molecule has 1 atom stereocenters. The Bertz CT molecular complexity index is 352. The topological polar surface area (TPSA) is 69.2 Å². The highest BCUT2D eigenvalue weighted by atomic mass is 16.5. The molecule has 0 bridgehead atoms. The number of rotatable bonds is 4. The fraction of sp³-hybridized carbons (Fsp3) is 0.500. The van der Waals surface area contributed by atoms with Gasteiger partial charge in [-0.25, -0.2) is 4.98 Å². The second-order valence-electron chi connectivity index (χ2n) is 2.93. The Kier molecular flexibility index (Phi) is 7.50. The number of carbonyl (C=O) groups is 2. The summed E-state index contributed by atoms with van der Waals surface area (Å²) in [6.07, 6.45) is 4.20. The van der Waals surface area contributed by atoms with E-state index in [4.69, 9.17) is 4.74 Å². The van der Waals surface area contributed by atoms with E-state index in [2.05, 4.69) is 9.97 Å². The monoisotopic (exact) mass is 238 g/mol. The van der Waals surface area contributed by atoms with E-state index in [-0.39, 0.29) is 18.1 Å². The SMILES string of the molecule is CC.CCOC(=O)C(C)C(=O)c1cnccn1. The molecular formula is C12H18N2O3. The first-order valence-corrected chi connectivity index (χ1v) is 5.63. The maximum atomic E-state index is 11.7. The molecule has 0 amide bonds. The molecule has 17 heavy (non-hydrogen) atoms. The molecule has 0 radical (unpaired) electrons. The average Bonchev–Trinajstić information content (AvgIpc) is 2.40. The maximum Gasteiger partial charge on any atom is 0.316 e. The van der Waals surface area contributed by atoms with Crippen LogP contribution in [0.3, 0.4) is 0 Å². The largest absolute Gasteiger partial charge is 0.465 e. The standard InChI is InChI=1S/C10H12N2O3.C2H6/c1-3-15-10(14)7(2)9(13)8-6-11-4-5-12-8;1-2/h4-7H,3H2,1-2H3;1-2H3. The van der Waals surface area contributed by atoms with Crippen LogP contribution in [-0.4, -0.2) is 28.3 Å². The Morgan fingerprint density at radius 2 is 2.00 bits per heavy atom. The first kappa shape index (κ1) is 15.2. The summed E-state index contributed by atoms with van der Waals surface area (Å²) in [6, 6.07) is 0. The fourth-order valence-electron chi connectivity index (χ4n) is 1.02. The lowest BCUT2D eigenvalue weighted by atomic mass is 10.0. The van der Waals surface area contributed by atoms with E-state index >= 15 is 0 Å². The molecule has 0 N–H and O–H groups in total. The zero-order valence-electron chi connectivity index (χ0n) is 10.6. The van der Waals surface area contributed by atoms with Crippen LogP contribution in [0.25, 0.3) is 0 Å². The number of aromatic nitrogens is 2. The fourth-order valence-corrected chi connectivity index (χ4v) is 1.02. The van der Waals surface area contributed by atoms with Crippen molar-refractivity contribution in [1.82, 2.24) is 9.97 Å². The molecule has 0 fully saturated rings. The minimum Gasteiger partial charge on any atom is -0.465 e. The summed E-state index contributed by atoms with van der Waals surface area (Å²) in [4.78, 5) is 30.5. The molecule has 0 aliphatic carbocycles. The lowest BCUT2D eigenvalue weighted by molar-refractivity contribution is -0.145. The molecule has 1 heterocycles. The van der Waals surface area contributed by atoms with Crippen LogP contribution in [0.5, 0.6) is 0 Å². The number of ketones is 1. The smallest absolute Gasteiger partial charge is 0.316 e. The summed E-state index contributed by atoms with van der Waals surface area (Å²) in [5.41, 5.74) is 0.179. The summed E-state index contributed by atoms with van der Waals surface area (Å²) < 4.78 is 4.74. The van der Waals surface area contributed by atoms with Gasteiger partial charge in [0, 0.05) is 12.4 Å². The minimum atomic E-state index is -0.832. The van der Waals surface area contributed by atoms with Crippen LogP contribution in [0.2, 0.25) is 0 Å². The number of Topliss-reactive ketones (excluding diaryl/α,β-unsaturated/α-hetero) is 1. The van der Waals surface area contributed by atoms with Crippen molar-refractivity contribution in [1.29, 1.82) is 0 Å². The molecule has 94 valence electrons. The number of carbonyl (C=O) groups excluding carboxylic acids is 2. The first-order chi connectivity index (χ1) is 8.16. The van der Waals surface area contributed by atoms with Gasteiger partial charge in [-0.2, -0.15) is 0 Å². The number of hydrogen-bond acceptors (Lipinski definition) is 5. The van der Waals surface area contributed by atoms with E-state index in [0.717, 1.165) is 0 Å². The van der Waals surface area contributed by atoms with Crippen molar-refractivity contribution >= 4 is 11.8 Å². The second kappa shape index (κ2) is 8.38. The number of hydrogen-bond donors (Lipinski definition) is 0. The van der Waals surface area contributed by atoms with Crippen LogP contribution in [0.4, 0.5) is 0 Å². The van der Waals surface area contributed by atoms with Crippen molar-refractivity contribution in [3.05, 3.63) is 24.3 Å². The molecule has 1 rings (SSSR count). The summed E-state index contributed by atoms with van der Waals surface area (Å²) in [5, 5.41) is 0. The van der Waals surface area contributed by atoms with Crippen LogP contribution in [0.15, 0.2) is 18.6 Å². The van der Waals surface area contributed by atoms with Gasteiger partial charge in [-0.05, 0) is 13.8 Å². The summed E-state index contributed by atoms with van der Waals surface area (Å²) >= 11 is 0. The third kappa shape index (κ3) is 4.72. The highest BCUT2D eigenvalue weighted by Gasteiger charge is 2.24. The van der Waals surface area contributed by atoms with E-state index in [0.29, 0.717) is 0 Å². The molecule has 1 aromatic rings. The first-order valence-electron chi connectivity index (χ1n) is 5.63. The van der Waals surface area contributed by atoms with Gasteiger partial charge in [0.05, 0.1) is 12.8 Å². The van der Waals surface area contributed by atoms with Crippen LogP contribution >= 0.6 is 0 Å². The third-order valence-corrected chi connectivity index (χ3v) is 1.85. The molecule has 5 nitrogen and oxygen atoms in total. The van der Waals surface area contributed by atoms with Gasteiger partial charge in [0.1, 0.15) is 11.6 Å². The quantitative estimate of drug-likeness (QED) is 0.455. The normalized spacial score (nSPS) is 10.8. The average molecular weight is 238 g/mol. The predicted molar refractivity (Wildman–Crippen MR) is 63.5 cm³/mol. The van der Waals surface area contributed by atoms with Crippen LogP contribution in [0.1, 0.15) is 38.2 Å². The zero-order valence-corrected chi connectivity index (χ0v) is 10.6.